The number of aromatic amines is 1. The van der Waals surface area contributed by atoms with E-state index in [-0.39, 0.29) is 5.91 Å². The van der Waals surface area contributed by atoms with E-state index in [1.54, 1.807) is 11.9 Å². The van der Waals surface area contributed by atoms with Crippen LogP contribution >= 0.6 is 0 Å². The van der Waals surface area contributed by atoms with Gasteiger partial charge in [0.2, 0.25) is 0 Å². The first-order valence-electron chi connectivity index (χ1n) is 5.46. The first-order chi connectivity index (χ1) is 7.61. The number of nitrogens with zero attached hydrogens (tertiary/aromatic N) is 1. The minimum Gasteiger partial charge on any atom is -0.351 e. The summed E-state index contributed by atoms with van der Waals surface area (Å²) in [5, 5.41) is 1.08. The van der Waals surface area contributed by atoms with E-state index in [2.05, 4.69) is 11.1 Å². The molecule has 1 aromatic carbocycles. The van der Waals surface area contributed by atoms with Crippen molar-refractivity contribution >= 4 is 16.8 Å². The molecule has 1 amide bonds. The van der Waals surface area contributed by atoms with Crippen molar-refractivity contribution in [1.29, 1.82) is 0 Å². The molecule has 84 valence electrons. The first kappa shape index (κ1) is 10.7. The normalized spacial score (nSPS) is 10.7. The number of amides is 1. The Bertz CT molecular complexity index is 528. The summed E-state index contributed by atoms with van der Waals surface area (Å²) in [5.41, 5.74) is 2.87. The van der Waals surface area contributed by atoms with Crippen LogP contribution in [-0.2, 0) is 0 Å². The second kappa shape index (κ2) is 4.00. The van der Waals surface area contributed by atoms with Gasteiger partial charge >= 0.3 is 0 Å². The summed E-state index contributed by atoms with van der Waals surface area (Å²) in [6, 6.07) is 8.04. The number of aryl methyl sites for hydroxylation is 1. The fraction of sp³-hybridized carbons (Fsp3) is 0.308. The van der Waals surface area contributed by atoms with Gasteiger partial charge in [-0.1, -0.05) is 12.1 Å². The quantitative estimate of drug-likeness (QED) is 0.822. The van der Waals surface area contributed by atoms with E-state index in [0.717, 1.165) is 10.9 Å². The predicted octanol–water partition coefficient (Wildman–Crippen LogP) is 2.57. The zero-order valence-corrected chi connectivity index (χ0v) is 9.87. The number of H-pyrrole nitrogens is 1. The third kappa shape index (κ3) is 1.81. The third-order valence-corrected chi connectivity index (χ3v) is 2.83. The monoisotopic (exact) mass is 216 g/mol. The maximum atomic E-state index is 11.9. The summed E-state index contributed by atoms with van der Waals surface area (Å²) in [6.45, 7) is 4.72. The van der Waals surface area contributed by atoms with Crippen LogP contribution < -0.4 is 0 Å². The summed E-state index contributed by atoms with van der Waals surface area (Å²) >= 11 is 0. The van der Waals surface area contributed by atoms with E-state index in [4.69, 9.17) is 0 Å². The molecule has 0 aliphatic heterocycles. The molecule has 1 heterocycles. The van der Waals surface area contributed by atoms with E-state index >= 15 is 0 Å². The summed E-state index contributed by atoms with van der Waals surface area (Å²) in [7, 11) is 1.80. The van der Waals surface area contributed by atoms with Crippen molar-refractivity contribution in [3.63, 3.8) is 0 Å². The van der Waals surface area contributed by atoms with Crippen molar-refractivity contribution < 1.29 is 4.79 Å². The number of carbonyl (C=O) groups is 1. The van der Waals surface area contributed by atoms with Crippen LogP contribution in [0, 0.1) is 6.92 Å². The Morgan fingerprint density at radius 3 is 2.81 bits per heavy atom. The number of fused-ring (bicyclic) bond motifs is 1. The van der Waals surface area contributed by atoms with Crippen molar-refractivity contribution in [2.75, 3.05) is 13.6 Å². The fourth-order valence-electron chi connectivity index (χ4n) is 1.71. The van der Waals surface area contributed by atoms with Gasteiger partial charge in [-0.15, -0.1) is 0 Å². The molecule has 0 saturated carbocycles. The second-order valence-electron chi connectivity index (χ2n) is 4.09. The van der Waals surface area contributed by atoms with Gasteiger partial charge in [-0.2, -0.15) is 0 Å². The van der Waals surface area contributed by atoms with Crippen LogP contribution in [0.25, 0.3) is 10.9 Å². The van der Waals surface area contributed by atoms with Gasteiger partial charge in [0.05, 0.1) is 0 Å². The van der Waals surface area contributed by atoms with Gasteiger partial charge in [-0.05, 0) is 31.5 Å². The highest BCUT2D eigenvalue weighted by atomic mass is 16.2. The van der Waals surface area contributed by atoms with Crippen LogP contribution in [0.3, 0.4) is 0 Å². The standard InChI is InChI=1S/C13H16N2O/c1-4-15(3)13(16)12-8-10-6-5-9(2)7-11(10)14-12/h5-8,14H,4H2,1-3H3. The third-order valence-electron chi connectivity index (χ3n) is 2.83. The average molecular weight is 216 g/mol. The molecule has 3 heteroatoms. The van der Waals surface area contributed by atoms with Gasteiger partial charge in [0.15, 0.2) is 0 Å². The smallest absolute Gasteiger partial charge is 0.270 e. The molecular weight excluding hydrogens is 200 g/mol. The highest BCUT2D eigenvalue weighted by molar-refractivity contribution is 5.98. The van der Waals surface area contributed by atoms with Gasteiger partial charge in [-0.25, -0.2) is 0 Å². The molecule has 16 heavy (non-hydrogen) atoms. The number of carbonyl (C=O) groups excluding carboxylic acids is 1. The van der Waals surface area contributed by atoms with Crippen molar-refractivity contribution in [2.45, 2.75) is 13.8 Å². The molecule has 0 bridgehead atoms. The number of hydrogen-bond acceptors (Lipinski definition) is 1. The summed E-state index contributed by atoms with van der Waals surface area (Å²) in [4.78, 5) is 16.8. The molecule has 1 aromatic heterocycles. The number of hydrogen-bond donors (Lipinski definition) is 1. The number of benzene rings is 1. The molecule has 0 aliphatic rings. The number of aromatic nitrogens is 1. The lowest BCUT2D eigenvalue weighted by Gasteiger charge is -2.12. The Hall–Kier alpha value is -1.77. The van der Waals surface area contributed by atoms with Gasteiger partial charge in [0, 0.05) is 24.5 Å². The maximum absolute atomic E-state index is 11.9. The molecule has 0 unspecified atom stereocenters. The lowest BCUT2D eigenvalue weighted by Crippen LogP contribution is -2.26. The Balaban J connectivity index is 2.43. The van der Waals surface area contributed by atoms with Crippen LogP contribution in [-0.4, -0.2) is 29.4 Å². The molecule has 3 nitrogen and oxygen atoms in total. The van der Waals surface area contributed by atoms with Gasteiger partial charge in [0.25, 0.3) is 5.91 Å². The molecule has 0 radical (unpaired) electrons. The van der Waals surface area contributed by atoms with Crippen molar-refractivity contribution in [2.24, 2.45) is 0 Å². The zero-order valence-electron chi connectivity index (χ0n) is 9.87. The van der Waals surface area contributed by atoms with Gasteiger partial charge < -0.3 is 9.88 Å². The molecule has 2 aromatic rings. The summed E-state index contributed by atoms with van der Waals surface area (Å²) in [6.07, 6.45) is 0. The number of rotatable bonds is 2. The first-order valence-corrected chi connectivity index (χ1v) is 5.46. The molecule has 1 N–H and O–H groups in total. The van der Waals surface area contributed by atoms with Gasteiger partial charge in [0.1, 0.15) is 5.69 Å². The minimum atomic E-state index is 0.0383. The van der Waals surface area contributed by atoms with Gasteiger partial charge in [-0.3, -0.25) is 4.79 Å². The molecule has 2 rings (SSSR count). The summed E-state index contributed by atoms with van der Waals surface area (Å²) < 4.78 is 0. The van der Waals surface area contributed by atoms with Crippen LogP contribution in [0.1, 0.15) is 23.0 Å². The Morgan fingerprint density at radius 2 is 2.12 bits per heavy atom. The van der Waals surface area contributed by atoms with E-state index < -0.39 is 0 Å². The number of nitrogens with one attached hydrogen (secondary N) is 1. The Morgan fingerprint density at radius 1 is 1.38 bits per heavy atom. The minimum absolute atomic E-state index is 0.0383. The van der Waals surface area contributed by atoms with E-state index in [1.807, 2.05) is 32.0 Å². The van der Waals surface area contributed by atoms with Crippen molar-refractivity contribution in [3.8, 4) is 0 Å². The van der Waals surface area contributed by atoms with Crippen LogP contribution in [0.15, 0.2) is 24.3 Å². The largest absolute Gasteiger partial charge is 0.351 e. The second-order valence-corrected chi connectivity index (χ2v) is 4.09. The highest BCUT2D eigenvalue weighted by Crippen LogP contribution is 2.17. The Labute approximate surface area is 95.1 Å². The lowest BCUT2D eigenvalue weighted by molar-refractivity contribution is 0.0797. The Kier molecular flexibility index (Phi) is 2.69. The van der Waals surface area contributed by atoms with E-state index in [0.29, 0.717) is 12.2 Å². The van der Waals surface area contributed by atoms with E-state index in [9.17, 15) is 4.79 Å². The zero-order chi connectivity index (χ0) is 11.7. The van der Waals surface area contributed by atoms with Crippen molar-refractivity contribution in [1.82, 2.24) is 9.88 Å². The fourth-order valence-corrected chi connectivity index (χ4v) is 1.71. The molecule has 0 saturated heterocycles. The van der Waals surface area contributed by atoms with Crippen LogP contribution in [0.2, 0.25) is 0 Å². The SMILES string of the molecule is CCN(C)C(=O)c1cc2ccc(C)cc2[nH]1. The van der Waals surface area contributed by atoms with Crippen molar-refractivity contribution in [3.05, 3.63) is 35.5 Å². The topological polar surface area (TPSA) is 36.1 Å². The highest BCUT2D eigenvalue weighted by Gasteiger charge is 2.12. The van der Waals surface area contributed by atoms with Crippen LogP contribution in [0.5, 0.6) is 0 Å². The van der Waals surface area contributed by atoms with Crippen LogP contribution in [0.4, 0.5) is 0 Å². The predicted molar refractivity (Wildman–Crippen MR) is 65.7 cm³/mol. The van der Waals surface area contributed by atoms with E-state index in [1.165, 1.54) is 5.56 Å². The average Bonchev–Trinajstić information content (AvgIpc) is 2.69. The maximum Gasteiger partial charge on any atom is 0.270 e. The molecule has 0 aliphatic carbocycles. The molecule has 0 spiro atoms. The lowest BCUT2D eigenvalue weighted by atomic mass is 10.2. The molecule has 0 fully saturated rings. The molecule has 0 atom stereocenters. The summed E-state index contributed by atoms with van der Waals surface area (Å²) in [5.74, 6) is 0.0383. The molecular formula is C13H16N2O.